The molecule has 10 heteroatoms. The summed E-state index contributed by atoms with van der Waals surface area (Å²) in [5.41, 5.74) is 1.47. The number of benzene rings is 2. The smallest absolute Gasteiger partial charge is 0.243 e. The first kappa shape index (κ1) is 21.4. The highest BCUT2D eigenvalue weighted by atomic mass is 35.5. The first-order valence-corrected chi connectivity index (χ1v) is 11.6. The molecular weight excluding hydrogens is 438 g/mol. The first-order chi connectivity index (χ1) is 14.9. The van der Waals surface area contributed by atoms with Crippen LogP contribution in [-0.4, -0.2) is 66.0 Å². The van der Waals surface area contributed by atoms with E-state index in [2.05, 4.69) is 10.4 Å². The number of carbonyl (C=O) groups excluding carboxylic acids is 1. The molecule has 31 heavy (non-hydrogen) atoms. The van der Waals surface area contributed by atoms with Gasteiger partial charge in [0.25, 0.3) is 0 Å². The highest BCUT2D eigenvalue weighted by Crippen LogP contribution is 2.24. The lowest BCUT2D eigenvalue weighted by Gasteiger charge is -2.34. The minimum atomic E-state index is -3.55. The number of aromatic nitrogens is 2. The Bertz CT molecular complexity index is 1150. The number of anilines is 1. The van der Waals surface area contributed by atoms with Crippen LogP contribution >= 0.6 is 11.6 Å². The molecule has 0 atom stereocenters. The van der Waals surface area contributed by atoms with E-state index < -0.39 is 10.0 Å². The SMILES string of the molecule is O=C(CNc1cc(Cl)ccc1-n1cccn1)N1CCN(S(=O)(=O)c2ccccc2)CC1. The number of sulfonamides is 1. The van der Waals surface area contributed by atoms with Gasteiger partial charge in [0, 0.05) is 43.6 Å². The predicted octanol–water partition coefficient (Wildman–Crippen LogP) is 2.47. The van der Waals surface area contributed by atoms with Gasteiger partial charge in [-0.25, -0.2) is 13.1 Å². The fourth-order valence-corrected chi connectivity index (χ4v) is 5.08. The van der Waals surface area contributed by atoms with Gasteiger partial charge in [-0.1, -0.05) is 29.8 Å². The van der Waals surface area contributed by atoms with Crippen LogP contribution in [0.4, 0.5) is 5.69 Å². The summed E-state index contributed by atoms with van der Waals surface area (Å²) in [6.45, 7) is 1.28. The Kier molecular flexibility index (Phi) is 6.26. The Morgan fingerprint density at radius 2 is 1.77 bits per heavy atom. The highest BCUT2D eigenvalue weighted by molar-refractivity contribution is 7.89. The topological polar surface area (TPSA) is 87.5 Å². The molecule has 1 saturated heterocycles. The van der Waals surface area contributed by atoms with Crippen molar-refractivity contribution >= 4 is 33.2 Å². The van der Waals surface area contributed by atoms with Gasteiger partial charge in [0.2, 0.25) is 15.9 Å². The summed E-state index contributed by atoms with van der Waals surface area (Å²) in [5, 5.41) is 7.91. The van der Waals surface area contributed by atoms with Gasteiger partial charge >= 0.3 is 0 Å². The molecule has 2 aromatic carbocycles. The summed E-state index contributed by atoms with van der Waals surface area (Å²) >= 11 is 6.12. The molecule has 1 N–H and O–H groups in total. The van der Waals surface area contributed by atoms with Gasteiger partial charge in [0.1, 0.15) is 0 Å². The van der Waals surface area contributed by atoms with E-state index in [0.717, 1.165) is 5.69 Å². The van der Waals surface area contributed by atoms with Gasteiger partial charge in [-0.3, -0.25) is 4.79 Å². The Morgan fingerprint density at radius 3 is 2.45 bits per heavy atom. The fraction of sp³-hybridized carbons (Fsp3) is 0.238. The van der Waals surface area contributed by atoms with Gasteiger partial charge in [0.05, 0.1) is 22.8 Å². The lowest BCUT2D eigenvalue weighted by atomic mass is 10.2. The zero-order valence-corrected chi connectivity index (χ0v) is 18.3. The van der Waals surface area contributed by atoms with E-state index >= 15 is 0 Å². The molecule has 3 aromatic rings. The monoisotopic (exact) mass is 459 g/mol. The van der Waals surface area contributed by atoms with E-state index in [4.69, 9.17) is 11.6 Å². The maximum atomic E-state index is 12.7. The average molecular weight is 460 g/mol. The normalized spacial score (nSPS) is 15.1. The van der Waals surface area contributed by atoms with Crippen molar-refractivity contribution in [2.75, 3.05) is 38.0 Å². The van der Waals surface area contributed by atoms with Crippen molar-refractivity contribution in [1.29, 1.82) is 0 Å². The van der Waals surface area contributed by atoms with Gasteiger partial charge in [-0.05, 0) is 36.4 Å². The second-order valence-corrected chi connectivity index (χ2v) is 9.44. The summed E-state index contributed by atoms with van der Waals surface area (Å²) in [6, 6.07) is 15.5. The number of carbonyl (C=O) groups is 1. The second kappa shape index (κ2) is 9.09. The van der Waals surface area contributed by atoms with Crippen LogP contribution in [0.5, 0.6) is 0 Å². The molecule has 1 aromatic heterocycles. The first-order valence-electron chi connectivity index (χ1n) is 9.81. The molecule has 0 unspecified atom stereocenters. The number of hydrogen-bond acceptors (Lipinski definition) is 5. The predicted molar refractivity (Wildman–Crippen MR) is 119 cm³/mol. The van der Waals surface area contributed by atoms with E-state index in [1.54, 1.807) is 58.2 Å². The van der Waals surface area contributed by atoms with E-state index in [0.29, 0.717) is 23.8 Å². The van der Waals surface area contributed by atoms with E-state index in [1.807, 2.05) is 18.3 Å². The van der Waals surface area contributed by atoms with E-state index in [9.17, 15) is 13.2 Å². The molecule has 0 bridgehead atoms. The molecule has 1 aliphatic rings. The summed E-state index contributed by atoms with van der Waals surface area (Å²) < 4.78 is 28.6. The second-order valence-electron chi connectivity index (χ2n) is 7.06. The zero-order chi connectivity index (χ0) is 21.8. The Hall–Kier alpha value is -2.88. The van der Waals surface area contributed by atoms with E-state index in [-0.39, 0.29) is 30.4 Å². The summed E-state index contributed by atoms with van der Waals surface area (Å²) in [6.07, 6.45) is 3.48. The van der Waals surface area contributed by atoms with Gasteiger partial charge in [-0.2, -0.15) is 9.40 Å². The summed E-state index contributed by atoms with van der Waals surface area (Å²) in [7, 11) is -3.55. The molecule has 1 aliphatic heterocycles. The molecule has 0 saturated carbocycles. The Morgan fingerprint density at radius 1 is 1.03 bits per heavy atom. The third kappa shape index (κ3) is 4.73. The van der Waals surface area contributed by atoms with Crippen LogP contribution in [-0.2, 0) is 14.8 Å². The number of rotatable bonds is 6. The molecule has 8 nitrogen and oxygen atoms in total. The molecule has 0 aliphatic carbocycles. The highest BCUT2D eigenvalue weighted by Gasteiger charge is 2.29. The molecule has 162 valence electrons. The van der Waals surface area contributed by atoms with Gasteiger partial charge < -0.3 is 10.2 Å². The van der Waals surface area contributed by atoms with Gasteiger partial charge in [0.15, 0.2) is 0 Å². The summed E-state index contributed by atoms with van der Waals surface area (Å²) in [5.74, 6) is -0.108. The third-order valence-electron chi connectivity index (χ3n) is 5.11. The van der Waals surface area contributed by atoms with Crippen LogP contribution in [0.1, 0.15) is 0 Å². The van der Waals surface area contributed by atoms with Crippen LogP contribution < -0.4 is 5.32 Å². The van der Waals surface area contributed by atoms with Crippen molar-refractivity contribution in [1.82, 2.24) is 19.0 Å². The van der Waals surface area contributed by atoms with E-state index in [1.165, 1.54) is 4.31 Å². The molecule has 0 radical (unpaired) electrons. The van der Waals surface area contributed by atoms with Crippen LogP contribution in [0.2, 0.25) is 5.02 Å². The average Bonchev–Trinajstić information content (AvgIpc) is 3.33. The molecule has 0 spiro atoms. The van der Waals surface area contributed by atoms with Crippen molar-refractivity contribution in [3.63, 3.8) is 0 Å². The van der Waals surface area contributed by atoms with Crippen molar-refractivity contribution < 1.29 is 13.2 Å². The number of nitrogens with one attached hydrogen (secondary N) is 1. The maximum absolute atomic E-state index is 12.7. The maximum Gasteiger partial charge on any atom is 0.243 e. The van der Waals surface area contributed by atoms with Crippen LogP contribution in [0.25, 0.3) is 5.69 Å². The number of halogens is 1. The number of piperazine rings is 1. The van der Waals surface area contributed by atoms with Crippen LogP contribution in [0.15, 0.2) is 71.9 Å². The summed E-state index contributed by atoms with van der Waals surface area (Å²) in [4.78, 5) is 14.7. The fourth-order valence-electron chi connectivity index (χ4n) is 3.46. The minimum absolute atomic E-state index is 0.0695. The standard InChI is InChI=1S/C21H22ClN5O3S/c22-17-7-8-20(27-10-4-9-24-27)19(15-17)23-16-21(28)25-11-13-26(14-12-25)31(29,30)18-5-2-1-3-6-18/h1-10,15,23H,11-14,16H2. The van der Waals surface area contributed by atoms with Crippen LogP contribution in [0, 0.1) is 0 Å². The largest absolute Gasteiger partial charge is 0.374 e. The van der Waals surface area contributed by atoms with Crippen molar-refractivity contribution in [2.24, 2.45) is 0 Å². The number of nitrogens with zero attached hydrogens (tertiary/aromatic N) is 4. The van der Waals surface area contributed by atoms with Crippen molar-refractivity contribution in [3.05, 3.63) is 72.0 Å². The van der Waals surface area contributed by atoms with Gasteiger partial charge in [-0.15, -0.1) is 0 Å². The Labute approximate surface area is 186 Å². The zero-order valence-electron chi connectivity index (χ0n) is 16.7. The molecular formula is C21H22ClN5O3S. The van der Waals surface area contributed by atoms with Crippen molar-refractivity contribution in [2.45, 2.75) is 4.90 Å². The Balaban J connectivity index is 1.37. The van der Waals surface area contributed by atoms with Crippen molar-refractivity contribution in [3.8, 4) is 5.69 Å². The molecule has 1 fully saturated rings. The molecule has 4 rings (SSSR count). The lowest BCUT2D eigenvalue weighted by Crippen LogP contribution is -2.51. The number of amides is 1. The molecule has 1 amide bonds. The minimum Gasteiger partial charge on any atom is -0.374 e. The third-order valence-corrected chi connectivity index (χ3v) is 7.26. The lowest BCUT2D eigenvalue weighted by molar-refractivity contribution is -0.130. The quantitative estimate of drug-likeness (QED) is 0.611. The van der Waals surface area contributed by atoms with Crippen LogP contribution in [0.3, 0.4) is 0 Å². The number of hydrogen-bond donors (Lipinski definition) is 1. The molecule has 2 heterocycles.